The van der Waals surface area contributed by atoms with Crippen molar-refractivity contribution in [3.8, 4) is 0 Å². The van der Waals surface area contributed by atoms with Crippen molar-refractivity contribution in [3.63, 3.8) is 0 Å². The molecular weight excluding hydrogens is 303 g/mol. The van der Waals surface area contributed by atoms with E-state index in [0.717, 1.165) is 46.0 Å². The fourth-order valence-electron chi connectivity index (χ4n) is 3.14. The van der Waals surface area contributed by atoms with Gasteiger partial charge in [0, 0.05) is 10.9 Å². The third-order valence-electron chi connectivity index (χ3n) is 4.32. The molecule has 0 aliphatic carbocycles. The van der Waals surface area contributed by atoms with E-state index in [-0.39, 0.29) is 5.52 Å². The van der Waals surface area contributed by atoms with Gasteiger partial charge in [-0.2, -0.15) is 0 Å². The molecule has 2 rings (SSSR count). The Morgan fingerprint density at radius 2 is 1.57 bits per heavy atom. The largest absolute Gasteiger partial charge is 0.313 e. The Labute approximate surface area is 139 Å². The van der Waals surface area contributed by atoms with Gasteiger partial charge in [-0.3, -0.25) is 4.79 Å². The van der Waals surface area contributed by atoms with Gasteiger partial charge in [0.25, 0.3) is 0 Å². The molecule has 3 heteroatoms. The number of carbonyl (C=O) groups is 1. The van der Waals surface area contributed by atoms with Crippen molar-refractivity contribution in [2.24, 2.45) is 0 Å². The van der Waals surface area contributed by atoms with Gasteiger partial charge in [0.15, 0.2) is 7.80 Å². The highest BCUT2D eigenvalue weighted by molar-refractivity contribution is 7.71. The molecule has 1 unspecified atom stereocenters. The van der Waals surface area contributed by atoms with Crippen molar-refractivity contribution in [1.82, 2.24) is 0 Å². The highest BCUT2D eigenvalue weighted by atomic mass is 31.1. The van der Waals surface area contributed by atoms with Crippen LogP contribution in [0.15, 0.2) is 30.3 Å². The number of rotatable bonds is 5. The second-order valence-corrected chi connectivity index (χ2v) is 7.78. The summed E-state index contributed by atoms with van der Waals surface area (Å²) in [5, 5.41) is 0.737. The normalized spacial score (nSPS) is 12.2. The topological polar surface area (TPSA) is 34.1 Å². The van der Waals surface area contributed by atoms with Crippen molar-refractivity contribution in [2.75, 3.05) is 0 Å². The quantitative estimate of drug-likeness (QED) is 0.741. The summed E-state index contributed by atoms with van der Waals surface area (Å²) in [7, 11) is -2.52. The van der Waals surface area contributed by atoms with Crippen molar-refractivity contribution in [3.05, 3.63) is 63.7 Å². The maximum absolute atomic E-state index is 13.0. The number of benzene rings is 2. The van der Waals surface area contributed by atoms with E-state index in [2.05, 4.69) is 13.0 Å². The first kappa shape index (κ1) is 17.7. The monoisotopic (exact) mass is 328 g/mol. The first-order valence-corrected chi connectivity index (χ1v) is 9.58. The van der Waals surface area contributed by atoms with Gasteiger partial charge in [0.2, 0.25) is 5.52 Å². The van der Waals surface area contributed by atoms with Crippen LogP contribution >= 0.6 is 7.80 Å². The molecule has 0 N–H and O–H groups in total. The lowest BCUT2D eigenvalue weighted by molar-refractivity contribution is 0.107. The Morgan fingerprint density at radius 3 is 2.09 bits per heavy atom. The number of carbonyl (C=O) groups excluding carboxylic acids is 1. The molecule has 0 bridgehead atoms. The van der Waals surface area contributed by atoms with Crippen LogP contribution in [0.3, 0.4) is 0 Å². The molecule has 0 saturated heterocycles. The van der Waals surface area contributed by atoms with Crippen LogP contribution in [0.5, 0.6) is 0 Å². The predicted octanol–water partition coefficient (Wildman–Crippen LogP) is 4.76. The first-order chi connectivity index (χ1) is 10.9. The molecule has 0 amide bonds. The zero-order chi connectivity index (χ0) is 17.1. The molecule has 0 spiro atoms. The lowest BCUT2D eigenvalue weighted by Crippen LogP contribution is -2.12. The van der Waals surface area contributed by atoms with Gasteiger partial charge in [-0.15, -0.1) is 0 Å². The van der Waals surface area contributed by atoms with E-state index < -0.39 is 7.80 Å². The van der Waals surface area contributed by atoms with Crippen LogP contribution in [0.1, 0.15) is 52.0 Å². The molecule has 2 nitrogen and oxygen atoms in total. The Morgan fingerprint density at radius 1 is 0.957 bits per heavy atom. The predicted molar refractivity (Wildman–Crippen MR) is 98.8 cm³/mol. The highest BCUT2D eigenvalue weighted by Gasteiger charge is 2.22. The van der Waals surface area contributed by atoms with Crippen LogP contribution in [-0.4, -0.2) is 5.52 Å². The van der Waals surface area contributed by atoms with Gasteiger partial charge >= 0.3 is 0 Å². The van der Waals surface area contributed by atoms with Crippen LogP contribution in [0, 0.1) is 20.8 Å². The van der Waals surface area contributed by atoms with Crippen molar-refractivity contribution >= 4 is 18.6 Å². The fraction of sp³-hybridized carbons (Fsp3) is 0.350. The van der Waals surface area contributed by atoms with Crippen LogP contribution in [0.25, 0.3) is 0 Å². The van der Waals surface area contributed by atoms with E-state index in [1.807, 2.05) is 52.0 Å². The van der Waals surface area contributed by atoms with Gasteiger partial charge < -0.3 is 4.57 Å². The maximum Gasteiger partial charge on any atom is 0.223 e. The second kappa shape index (κ2) is 7.27. The average Bonchev–Trinajstić information content (AvgIpc) is 2.52. The summed E-state index contributed by atoms with van der Waals surface area (Å²) < 4.78 is 13.0. The van der Waals surface area contributed by atoms with Crippen molar-refractivity contribution in [1.29, 1.82) is 0 Å². The zero-order valence-electron chi connectivity index (χ0n) is 14.6. The van der Waals surface area contributed by atoms with Gasteiger partial charge in [-0.05, 0) is 61.9 Å². The minimum Gasteiger partial charge on any atom is -0.313 e. The molecule has 0 aliphatic rings. The zero-order valence-corrected chi connectivity index (χ0v) is 15.6. The van der Waals surface area contributed by atoms with Crippen LogP contribution in [0.2, 0.25) is 0 Å². The van der Waals surface area contributed by atoms with Gasteiger partial charge in [0.05, 0.1) is 0 Å². The van der Waals surface area contributed by atoms with Crippen molar-refractivity contribution in [2.45, 2.75) is 47.5 Å². The third-order valence-corrected chi connectivity index (χ3v) is 5.94. The molecule has 2 aromatic rings. The van der Waals surface area contributed by atoms with E-state index >= 15 is 0 Å². The van der Waals surface area contributed by atoms with Gasteiger partial charge in [0.1, 0.15) is 0 Å². The van der Waals surface area contributed by atoms with Gasteiger partial charge in [-0.25, -0.2) is 0 Å². The summed E-state index contributed by atoms with van der Waals surface area (Å²) in [6.45, 7) is 9.96. The van der Waals surface area contributed by atoms with E-state index in [1.54, 1.807) is 0 Å². The van der Waals surface area contributed by atoms with Crippen LogP contribution in [-0.2, 0) is 17.4 Å². The summed E-state index contributed by atoms with van der Waals surface area (Å²) in [6, 6.07) is 10.00. The van der Waals surface area contributed by atoms with E-state index in [9.17, 15) is 9.36 Å². The van der Waals surface area contributed by atoms with E-state index in [0.29, 0.717) is 5.56 Å². The molecule has 2 aromatic carbocycles. The summed E-state index contributed by atoms with van der Waals surface area (Å²) in [5.41, 5.74) is 5.50. The molecule has 1 atom stereocenters. The smallest absolute Gasteiger partial charge is 0.223 e. The molecule has 0 radical (unpaired) electrons. The first-order valence-electron chi connectivity index (χ1n) is 8.17. The molecule has 0 fully saturated rings. The summed E-state index contributed by atoms with van der Waals surface area (Å²) >= 11 is 0. The van der Waals surface area contributed by atoms with Gasteiger partial charge in [-0.1, -0.05) is 43.7 Å². The summed E-state index contributed by atoms with van der Waals surface area (Å²) in [6.07, 6.45) is 1.66. The van der Waals surface area contributed by atoms with E-state index in [4.69, 9.17) is 0 Å². The van der Waals surface area contributed by atoms with Crippen molar-refractivity contribution < 1.29 is 9.36 Å². The Hall–Kier alpha value is -1.66. The molecule has 0 aliphatic heterocycles. The van der Waals surface area contributed by atoms with Crippen LogP contribution < -0.4 is 5.30 Å². The molecular formula is C20H25O2P. The average molecular weight is 328 g/mol. The SMILES string of the molecule is CCc1ccc(CC)c([PH](=O)C(=O)c2c(C)cc(C)cc2C)c1. The third kappa shape index (κ3) is 3.64. The molecule has 0 aromatic heterocycles. The summed E-state index contributed by atoms with van der Waals surface area (Å²) in [4.78, 5) is 12.9. The summed E-state index contributed by atoms with van der Waals surface area (Å²) in [5.74, 6) is 0. The number of aryl methyl sites for hydroxylation is 5. The van der Waals surface area contributed by atoms with Crippen LogP contribution in [0.4, 0.5) is 0 Å². The maximum atomic E-state index is 13.0. The minimum absolute atomic E-state index is 0.215. The molecule has 122 valence electrons. The number of hydrogen-bond acceptors (Lipinski definition) is 2. The lowest BCUT2D eigenvalue weighted by atomic mass is 10.0. The van der Waals surface area contributed by atoms with E-state index in [1.165, 1.54) is 0 Å². The fourth-order valence-corrected chi connectivity index (χ4v) is 4.87. The molecule has 0 saturated carbocycles. The Balaban J connectivity index is 2.51. The highest BCUT2D eigenvalue weighted by Crippen LogP contribution is 2.32. The number of hydrogen-bond donors (Lipinski definition) is 0. The molecule has 23 heavy (non-hydrogen) atoms. The lowest BCUT2D eigenvalue weighted by Gasteiger charge is -2.13. The minimum atomic E-state index is -2.52. The molecule has 0 heterocycles. The second-order valence-electron chi connectivity index (χ2n) is 6.13. The Bertz CT molecular complexity index is 752. The Kier molecular flexibility index (Phi) is 5.59. The standard InChI is InChI=1S/C20H25O2P/c1-6-16-8-9-17(7-2)18(12-16)23(22)20(21)19-14(4)10-13(3)11-15(19)5/h8-12,23H,6-7H2,1-5H3.